The Hall–Kier alpha value is -7.16. The molecular formula is C52H36N2. The molecule has 0 spiro atoms. The highest BCUT2D eigenvalue weighted by molar-refractivity contribution is 6.17. The van der Waals surface area contributed by atoms with E-state index in [4.69, 9.17) is 0 Å². The van der Waals surface area contributed by atoms with Crippen LogP contribution in [-0.4, -0.2) is 4.57 Å². The Kier molecular flexibility index (Phi) is 7.85. The molecule has 10 aromatic rings. The fourth-order valence-electron chi connectivity index (χ4n) is 8.12. The Bertz CT molecular complexity index is 2930. The van der Waals surface area contributed by atoms with Crippen LogP contribution in [-0.2, 0) is 0 Å². The summed E-state index contributed by atoms with van der Waals surface area (Å²) in [6.45, 7) is 0. The van der Waals surface area contributed by atoms with E-state index < -0.39 is 0 Å². The lowest BCUT2D eigenvalue weighted by molar-refractivity contribution is 1.18. The highest BCUT2D eigenvalue weighted by Crippen LogP contribution is 2.46. The van der Waals surface area contributed by atoms with E-state index in [2.05, 4.69) is 228 Å². The molecule has 0 aliphatic heterocycles. The smallest absolute Gasteiger partial charge is 0.0562 e. The molecule has 54 heavy (non-hydrogen) atoms. The third-order valence-electron chi connectivity index (χ3n) is 10.6. The number of fused-ring (bicyclic) bond motifs is 4. The molecular weight excluding hydrogens is 653 g/mol. The fourth-order valence-corrected chi connectivity index (χ4v) is 8.12. The monoisotopic (exact) mass is 688 g/mol. The number of rotatable bonds is 7. The molecule has 0 bridgehead atoms. The summed E-state index contributed by atoms with van der Waals surface area (Å²) >= 11 is 0. The highest BCUT2D eigenvalue weighted by Gasteiger charge is 2.23. The summed E-state index contributed by atoms with van der Waals surface area (Å²) in [6, 6.07) is 78.9. The van der Waals surface area contributed by atoms with Crippen LogP contribution in [0.4, 0.5) is 17.1 Å². The minimum absolute atomic E-state index is 1.10. The van der Waals surface area contributed by atoms with Gasteiger partial charge in [-0.05, 0) is 93.2 Å². The molecule has 0 fully saturated rings. The predicted octanol–water partition coefficient (Wildman–Crippen LogP) is 14.4. The van der Waals surface area contributed by atoms with Gasteiger partial charge in [0.2, 0.25) is 0 Å². The van der Waals surface area contributed by atoms with Gasteiger partial charge in [-0.15, -0.1) is 0 Å². The van der Waals surface area contributed by atoms with Crippen molar-refractivity contribution < 1.29 is 0 Å². The van der Waals surface area contributed by atoms with Crippen molar-refractivity contribution in [2.45, 2.75) is 0 Å². The molecule has 0 amide bonds. The van der Waals surface area contributed by atoms with Gasteiger partial charge in [0.1, 0.15) is 0 Å². The van der Waals surface area contributed by atoms with Crippen LogP contribution in [0.25, 0.3) is 71.6 Å². The molecule has 1 heterocycles. The van der Waals surface area contributed by atoms with Crippen molar-refractivity contribution in [2.75, 3.05) is 4.90 Å². The van der Waals surface area contributed by atoms with Gasteiger partial charge >= 0.3 is 0 Å². The standard InChI is InChI=1S/C52H36N2/c1-4-18-38(19-5-1)45-25-12-14-27-48(45)54-49-28-15-13-26-46(49)52-50(29-16-30-51(52)54)53(42-23-8-3-9-24-42)43-33-34-44(47(36-43)39-20-6-2-7-21-39)41-32-31-37-17-10-11-22-40(37)35-41/h1-36H. The van der Waals surface area contributed by atoms with Gasteiger partial charge in [-0.25, -0.2) is 0 Å². The summed E-state index contributed by atoms with van der Waals surface area (Å²) in [4.78, 5) is 2.43. The van der Waals surface area contributed by atoms with Crippen molar-refractivity contribution in [2.24, 2.45) is 0 Å². The minimum Gasteiger partial charge on any atom is -0.310 e. The quantitative estimate of drug-likeness (QED) is 0.162. The van der Waals surface area contributed by atoms with Gasteiger partial charge in [-0.3, -0.25) is 0 Å². The van der Waals surface area contributed by atoms with Gasteiger partial charge in [0.05, 0.1) is 22.4 Å². The lowest BCUT2D eigenvalue weighted by Crippen LogP contribution is -2.10. The highest BCUT2D eigenvalue weighted by atomic mass is 15.1. The predicted molar refractivity (Wildman–Crippen MR) is 229 cm³/mol. The molecule has 0 aliphatic rings. The summed E-state index contributed by atoms with van der Waals surface area (Å²) in [5, 5.41) is 4.90. The van der Waals surface area contributed by atoms with Crippen molar-refractivity contribution in [3.8, 4) is 39.1 Å². The van der Waals surface area contributed by atoms with Gasteiger partial charge in [0.15, 0.2) is 0 Å². The van der Waals surface area contributed by atoms with Crippen molar-refractivity contribution >= 4 is 49.6 Å². The van der Waals surface area contributed by atoms with E-state index in [-0.39, 0.29) is 0 Å². The first kappa shape index (κ1) is 31.6. The zero-order valence-corrected chi connectivity index (χ0v) is 29.7. The number of nitrogens with zero attached hydrogens (tertiary/aromatic N) is 2. The second kappa shape index (κ2) is 13.4. The van der Waals surface area contributed by atoms with Gasteiger partial charge in [-0.1, -0.05) is 164 Å². The third-order valence-corrected chi connectivity index (χ3v) is 10.6. The fraction of sp³-hybridized carbons (Fsp3) is 0. The summed E-state index contributed by atoms with van der Waals surface area (Å²) in [6.07, 6.45) is 0. The molecule has 254 valence electrons. The molecule has 0 N–H and O–H groups in total. The van der Waals surface area contributed by atoms with E-state index in [0.29, 0.717) is 0 Å². The number of aromatic nitrogens is 1. The number of hydrogen-bond donors (Lipinski definition) is 0. The van der Waals surface area contributed by atoms with Crippen LogP contribution in [0.5, 0.6) is 0 Å². The first-order valence-corrected chi connectivity index (χ1v) is 18.5. The Balaban J connectivity index is 1.23. The maximum Gasteiger partial charge on any atom is 0.0562 e. The molecule has 0 atom stereocenters. The van der Waals surface area contributed by atoms with Crippen molar-refractivity contribution in [3.05, 3.63) is 218 Å². The summed E-state index contributed by atoms with van der Waals surface area (Å²) in [5.74, 6) is 0. The van der Waals surface area contributed by atoms with Gasteiger partial charge < -0.3 is 9.47 Å². The average Bonchev–Trinajstić information content (AvgIpc) is 3.59. The Labute approximate surface area is 315 Å². The molecule has 0 saturated carbocycles. The average molecular weight is 689 g/mol. The second-order valence-electron chi connectivity index (χ2n) is 13.7. The molecule has 0 radical (unpaired) electrons. The zero-order valence-electron chi connectivity index (χ0n) is 29.7. The molecule has 10 rings (SSSR count). The Morgan fingerprint density at radius 2 is 0.963 bits per heavy atom. The van der Waals surface area contributed by atoms with Crippen LogP contribution >= 0.6 is 0 Å². The molecule has 2 heteroatoms. The van der Waals surface area contributed by atoms with Crippen molar-refractivity contribution in [3.63, 3.8) is 0 Å². The summed E-state index contributed by atoms with van der Waals surface area (Å²) in [7, 11) is 0. The van der Waals surface area contributed by atoms with Crippen LogP contribution in [0.1, 0.15) is 0 Å². The second-order valence-corrected chi connectivity index (χ2v) is 13.7. The maximum atomic E-state index is 2.44. The van der Waals surface area contributed by atoms with E-state index in [1.165, 1.54) is 60.4 Å². The number of hydrogen-bond acceptors (Lipinski definition) is 1. The van der Waals surface area contributed by atoms with E-state index in [0.717, 1.165) is 28.3 Å². The van der Waals surface area contributed by atoms with E-state index in [1.54, 1.807) is 0 Å². The maximum absolute atomic E-state index is 2.44. The number of para-hydroxylation sites is 3. The molecule has 1 aromatic heterocycles. The first-order chi connectivity index (χ1) is 26.8. The normalized spacial score (nSPS) is 11.3. The zero-order chi connectivity index (χ0) is 35.8. The minimum atomic E-state index is 1.10. The van der Waals surface area contributed by atoms with Gasteiger partial charge in [0, 0.05) is 27.7 Å². The molecule has 2 nitrogen and oxygen atoms in total. The molecule has 9 aromatic carbocycles. The molecule has 0 unspecified atom stereocenters. The third kappa shape index (κ3) is 5.44. The number of anilines is 3. The number of benzene rings is 9. The van der Waals surface area contributed by atoms with Crippen LogP contribution in [0, 0.1) is 0 Å². The van der Waals surface area contributed by atoms with Crippen LogP contribution in [0.15, 0.2) is 218 Å². The lowest BCUT2D eigenvalue weighted by atomic mass is 9.92. The first-order valence-electron chi connectivity index (χ1n) is 18.5. The van der Waals surface area contributed by atoms with Gasteiger partial charge in [0.25, 0.3) is 0 Å². The largest absolute Gasteiger partial charge is 0.310 e. The Morgan fingerprint density at radius 3 is 1.76 bits per heavy atom. The van der Waals surface area contributed by atoms with Crippen molar-refractivity contribution in [1.82, 2.24) is 4.57 Å². The Morgan fingerprint density at radius 1 is 0.333 bits per heavy atom. The SMILES string of the molecule is c1ccc(-c2cc(N(c3ccccc3)c3cccc4c3c3ccccc3n4-c3ccccc3-c3ccccc3)ccc2-c2ccc3ccccc3c2)cc1. The van der Waals surface area contributed by atoms with E-state index in [9.17, 15) is 0 Å². The summed E-state index contributed by atoms with van der Waals surface area (Å²) in [5.41, 5.74) is 14.0. The van der Waals surface area contributed by atoms with Crippen LogP contribution in [0.2, 0.25) is 0 Å². The topological polar surface area (TPSA) is 8.17 Å². The van der Waals surface area contributed by atoms with Crippen LogP contribution in [0.3, 0.4) is 0 Å². The van der Waals surface area contributed by atoms with Crippen molar-refractivity contribution in [1.29, 1.82) is 0 Å². The van der Waals surface area contributed by atoms with E-state index in [1.807, 2.05) is 0 Å². The van der Waals surface area contributed by atoms with Gasteiger partial charge in [-0.2, -0.15) is 0 Å². The van der Waals surface area contributed by atoms with E-state index >= 15 is 0 Å². The lowest BCUT2D eigenvalue weighted by Gasteiger charge is -2.28. The van der Waals surface area contributed by atoms with Crippen LogP contribution < -0.4 is 4.90 Å². The summed E-state index contributed by atoms with van der Waals surface area (Å²) < 4.78 is 2.44. The molecule has 0 saturated heterocycles. The molecule has 0 aliphatic carbocycles.